The molecule has 0 saturated heterocycles. The van der Waals surface area contributed by atoms with Crippen LogP contribution in [-0.4, -0.2) is 30.9 Å². The molecule has 1 saturated carbocycles. The molecule has 1 aromatic rings. The first kappa shape index (κ1) is 16.5. The third-order valence-electron chi connectivity index (χ3n) is 3.13. The van der Waals surface area contributed by atoms with Crippen molar-refractivity contribution in [2.24, 2.45) is 11.8 Å². The highest BCUT2D eigenvalue weighted by Crippen LogP contribution is 2.31. The van der Waals surface area contributed by atoms with Crippen LogP contribution in [-0.2, 0) is 20.9 Å². The third kappa shape index (κ3) is 6.08. The summed E-state index contributed by atoms with van der Waals surface area (Å²) >= 11 is 0. The fraction of sp³-hybridized carbons (Fsp3) is 0.500. The van der Waals surface area contributed by atoms with Crippen LogP contribution in [0.15, 0.2) is 30.3 Å². The van der Waals surface area contributed by atoms with Gasteiger partial charge in [0.05, 0.1) is 13.2 Å². The van der Waals surface area contributed by atoms with E-state index in [0.29, 0.717) is 19.6 Å². The van der Waals surface area contributed by atoms with E-state index in [4.69, 9.17) is 9.84 Å². The van der Waals surface area contributed by atoms with Crippen molar-refractivity contribution in [3.8, 4) is 0 Å². The maximum atomic E-state index is 11.6. The number of aldehydes is 1. The molecule has 1 N–H and O–H groups in total. The van der Waals surface area contributed by atoms with Crippen molar-refractivity contribution in [3.63, 3.8) is 0 Å². The van der Waals surface area contributed by atoms with Crippen LogP contribution in [0.3, 0.4) is 0 Å². The number of hydrogen-bond donors (Lipinski definition) is 1. The van der Waals surface area contributed by atoms with Crippen LogP contribution in [0.5, 0.6) is 0 Å². The van der Waals surface area contributed by atoms with Crippen molar-refractivity contribution in [1.82, 2.24) is 0 Å². The van der Waals surface area contributed by atoms with E-state index in [1.807, 2.05) is 30.3 Å². The molecule has 0 aliphatic heterocycles. The van der Waals surface area contributed by atoms with Crippen molar-refractivity contribution in [2.75, 3.05) is 13.7 Å². The van der Waals surface area contributed by atoms with Gasteiger partial charge in [0.25, 0.3) is 0 Å². The van der Waals surface area contributed by atoms with E-state index in [0.717, 1.165) is 31.8 Å². The molecule has 1 aliphatic carbocycles. The number of ether oxygens (including phenoxy) is 1. The molecule has 0 heterocycles. The molecule has 1 aromatic carbocycles. The molecule has 0 bridgehead atoms. The molecule has 4 nitrogen and oxygen atoms in total. The lowest BCUT2D eigenvalue weighted by molar-refractivity contribution is -0.125. The van der Waals surface area contributed by atoms with Crippen molar-refractivity contribution in [1.29, 1.82) is 0 Å². The van der Waals surface area contributed by atoms with Crippen LogP contribution in [0, 0.1) is 11.8 Å². The highest BCUT2D eigenvalue weighted by atomic mass is 16.5. The Morgan fingerprint density at radius 3 is 2.55 bits per heavy atom. The zero-order chi connectivity index (χ0) is 14.8. The van der Waals surface area contributed by atoms with Gasteiger partial charge in [-0.05, 0) is 18.4 Å². The summed E-state index contributed by atoms with van der Waals surface area (Å²) in [7, 11) is 1.00. The molecular formula is C16H22O4. The monoisotopic (exact) mass is 278 g/mol. The minimum Gasteiger partial charge on any atom is -0.400 e. The van der Waals surface area contributed by atoms with Gasteiger partial charge in [0, 0.05) is 25.4 Å². The molecule has 1 atom stereocenters. The van der Waals surface area contributed by atoms with Gasteiger partial charge in [0.2, 0.25) is 0 Å². The summed E-state index contributed by atoms with van der Waals surface area (Å²) in [5, 5.41) is 7.00. The normalized spacial score (nSPS) is 14.9. The topological polar surface area (TPSA) is 63.6 Å². The van der Waals surface area contributed by atoms with Crippen molar-refractivity contribution in [2.45, 2.75) is 25.9 Å². The first-order valence-electron chi connectivity index (χ1n) is 6.84. The van der Waals surface area contributed by atoms with E-state index in [1.165, 1.54) is 0 Å². The summed E-state index contributed by atoms with van der Waals surface area (Å²) in [4.78, 5) is 22.5. The van der Waals surface area contributed by atoms with Crippen molar-refractivity contribution in [3.05, 3.63) is 35.9 Å². The van der Waals surface area contributed by atoms with Crippen molar-refractivity contribution >= 4 is 12.1 Å². The third-order valence-corrected chi connectivity index (χ3v) is 3.13. The molecule has 1 unspecified atom stereocenters. The Kier molecular flexibility index (Phi) is 7.77. The summed E-state index contributed by atoms with van der Waals surface area (Å²) in [6, 6.07) is 9.81. The second-order valence-corrected chi connectivity index (χ2v) is 4.84. The maximum Gasteiger partial charge on any atom is 0.136 e. The van der Waals surface area contributed by atoms with Gasteiger partial charge in [0.1, 0.15) is 12.1 Å². The highest BCUT2D eigenvalue weighted by Gasteiger charge is 2.30. The SMILES string of the molecule is CO.O=CC(COCc1ccccc1)CC(=O)C1CC1. The quantitative estimate of drug-likeness (QED) is 0.739. The number of carbonyl (C=O) groups is 2. The lowest BCUT2D eigenvalue weighted by Crippen LogP contribution is -2.16. The van der Waals surface area contributed by atoms with Gasteiger partial charge in [-0.15, -0.1) is 0 Å². The lowest BCUT2D eigenvalue weighted by Gasteiger charge is -2.10. The molecule has 0 aromatic heterocycles. The molecule has 4 heteroatoms. The fourth-order valence-corrected chi connectivity index (χ4v) is 1.88. The van der Waals surface area contributed by atoms with Crippen LogP contribution >= 0.6 is 0 Å². The van der Waals surface area contributed by atoms with E-state index in [2.05, 4.69) is 0 Å². The Morgan fingerprint density at radius 1 is 1.35 bits per heavy atom. The summed E-state index contributed by atoms with van der Waals surface area (Å²) < 4.78 is 5.49. The van der Waals surface area contributed by atoms with Crippen LogP contribution < -0.4 is 0 Å². The number of aliphatic hydroxyl groups excluding tert-OH is 1. The van der Waals surface area contributed by atoms with Crippen molar-refractivity contribution < 1.29 is 19.4 Å². The molecule has 20 heavy (non-hydrogen) atoms. The zero-order valence-electron chi connectivity index (χ0n) is 11.8. The van der Waals surface area contributed by atoms with E-state index < -0.39 is 0 Å². The van der Waals surface area contributed by atoms with Crippen LogP contribution in [0.25, 0.3) is 0 Å². The minimum atomic E-state index is -0.290. The minimum absolute atomic E-state index is 0.218. The number of hydrogen-bond acceptors (Lipinski definition) is 4. The number of benzene rings is 1. The summed E-state index contributed by atoms with van der Waals surface area (Å²) in [6.07, 6.45) is 3.17. The first-order valence-corrected chi connectivity index (χ1v) is 6.84. The average molecular weight is 278 g/mol. The fourth-order valence-electron chi connectivity index (χ4n) is 1.88. The molecule has 1 fully saturated rings. The smallest absolute Gasteiger partial charge is 0.136 e. The summed E-state index contributed by atoms with van der Waals surface area (Å²) in [6.45, 7) is 0.819. The lowest BCUT2D eigenvalue weighted by atomic mass is 10.0. The summed E-state index contributed by atoms with van der Waals surface area (Å²) in [5.74, 6) is 0.152. The first-order chi connectivity index (χ1) is 9.79. The van der Waals surface area contributed by atoms with Crippen LogP contribution in [0.1, 0.15) is 24.8 Å². The van der Waals surface area contributed by atoms with Gasteiger partial charge in [-0.25, -0.2) is 0 Å². The number of ketones is 1. The van der Waals surface area contributed by atoms with Gasteiger partial charge >= 0.3 is 0 Å². The Morgan fingerprint density at radius 2 is 2.00 bits per heavy atom. The molecule has 0 spiro atoms. The van der Waals surface area contributed by atoms with Gasteiger partial charge in [-0.2, -0.15) is 0 Å². The Hall–Kier alpha value is -1.52. The number of carbonyl (C=O) groups excluding carboxylic acids is 2. The average Bonchev–Trinajstić information content (AvgIpc) is 3.34. The molecule has 0 radical (unpaired) electrons. The summed E-state index contributed by atoms with van der Waals surface area (Å²) in [5.41, 5.74) is 1.08. The van der Waals surface area contributed by atoms with Gasteiger partial charge in [0.15, 0.2) is 0 Å². The molecule has 1 aliphatic rings. The second kappa shape index (κ2) is 9.39. The standard InChI is InChI=1S/C15H18O3.CH4O/c16-9-13(8-15(17)14-6-7-14)11-18-10-12-4-2-1-3-5-12;1-2/h1-5,9,13-14H,6-8,10-11H2;2H,1H3. The Balaban J connectivity index is 0.000000956. The predicted octanol–water partition coefficient (Wildman–Crippen LogP) is 2.00. The maximum absolute atomic E-state index is 11.6. The molecule has 2 rings (SSSR count). The Labute approximate surface area is 119 Å². The van der Waals surface area contributed by atoms with E-state index in [1.54, 1.807) is 0 Å². The highest BCUT2D eigenvalue weighted by molar-refractivity contribution is 5.85. The van der Waals surface area contributed by atoms with Crippen LogP contribution in [0.2, 0.25) is 0 Å². The zero-order valence-corrected chi connectivity index (χ0v) is 11.8. The molecule has 0 amide bonds. The van der Waals surface area contributed by atoms with Gasteiger partial charge < -0.3 is 14.6 Å². The largest absolute Gasteiger partial charge is 0.400 e. The second-order valence-electron chi connectivity index (χ2n) is 4.84. The molecular weight excluding hydrogens is 256 g/mol. The van der Waals surface area contributed by atoms with E-state index >= 15 is 0 Å². The van der Waals surface area contributed by atoms with Crippen LogP contribution in [0.4, 0.5) is 0 Å². The number of rotatable bonds is 8. The Bertz CT molecular complexity index is 398. The molecule has 110 valence electrons. The number of aliphatic hydroxyl groups is 1. The van der Waals surface area contributed by atoms with Gasteiger partial charge in [-0.1, -0.05) is 30.3 Å². The van der Waals surface area contributed by atoms with E-state index in [9.17, 15) is 9.59 Å². The predicted molar refractivity (Wildman–Crippen MR) is 76.1 cm³/mol. The number of Topliss-reactive ketones (excluding diaryl/α,β-unsaturated/α-hetero) is 1. The van der Waals surface area contributed by atoms with E-state index in [-0.39, 0.29) is 17.6 Å². The van der Waals surface area contributed by atoms with Gasteiger partial charge in [-0.3, -0.25) is 4.79 Å².